The van der Waals surface area contributed by atoms with Crippen LogP contribution in [-0.2, 0) is 6.18 Å². The fourth-order valence-electron chi connectivity index (χ4n) is 2.53. The van der Waals surface area contributed by atoms with E-state index < -0.39 is 11.7 Å². The van der Waals surface area contributed by atoms with Crippen molar-refractivity contribution in [1.82, 2.24) is 4.40 Å². The van der Waals surface area contributed by atoms with Crippen molar-refractivity contribution in [2.24, 2.45) is 0 Å². The van der Waals surface area contributed by atoms with Crippen LogP contribution in [0.5, 0.6) is 0 Å². The molecule has 0 saturated heterocycles. The summed E-state index contributed by atoms with van der Waals surface area (Å²) in [4.78, 5) is 0. The first kappa shape index (κ1) is 14.2. The number of hydrogen-bond acceptors (Lipinski definition) is 1. The third kappa shape index (κ3) is 2.33. The van der Waals surface area contributed by atoms with Crippen LogP contribution >= 0.6 is 0 Å². The summed E-state index contributed by atoms with van der Waals surface area (Å²) in [5.41, 5.74) is 3.05. The van der Waals surface area contributed by atoms with Gasteiger partial charge in [0.25, 0.3) is 0 Å². The van der Waals surface area contributed by atoms with E-state index in [2.05, 4.69) is 6.07 Å². The van der Waals surface area contributed by atoms with Crippen LogP contribution in [0.3, 0.4) is 0 Å². The lowest BCUT2D eigenvalue weighted by Crippen LogP contribution is -2.05. The normalized spacial score (nSPS) is 11.6. The number of alkyl halides is 3. The number of aromatic nitrogens is 1. The third-order valence-corrected chi connectivity index (χ3v) is 3.66. The number of fused-ring (bicyclic) bond motifs is 1. The maximum absolute atomic E-state index is 12.8. The van der Waals surface area contributed by atoms with Crippen LogP contribution in [0.4, 0.5) is 13.2 Å². The molecule has 0 aliphatic carbocycles. The van der Waals surface area contributed by atoms with Crippen LogP contribution in [0.25, 0.3) is 16.6 Å². The minimum Gasteiger partial charge on any atom is -0.322 e. The Hall–Kier alpha value is -2.74. The lowest BCUT2D eigenvalue weighted by Gasteiger charge is -2.06. The Morgan fingerprint density at radius 1 is 1.09 bits per heavy atom. The first-order valence-electron chi connectivity index (χ1n) is 6.59. The van der Waals surface area contributed by atoms with Gasteiger partial charge in [0.2, 0.25) is 0 Å². The maximum Gasteiger partial charge on any atom is 0.417 e. The molecule has 2 nitrogen and oxygen atoms in total. The Labute approximate surface area is 125 Å². The molecule has 22 heavy (non-hydrogen) atoms. The van der Waals surface area contributed by atoms with Gasteiger partial charge in [-0.25, -0.2) is 0 Å². The molecule has 0 spiro atoms. The van der Waals surface area contributed by atoms with Gasteiger partial charge < -0.3 is 4.40 Å². The van der Waals surface area contributed by atoms with Crippen LogP contribution < -0.4 is 0 Å². The van der Waals surface area contributed by atoms with Crippen molar-refractivity contribution in [3.8, 4) is 17.2 Å². The van der Waals surface area contributed by atoms with Crippen molar-refractivity contribution < 1.29 is 13.2 Å². The minimum atomic E-state index is -4.37. The number of nitrogens with zero attached hydrogens (tertiary/aromatic N) is 2. The number of aryl methyl sites for hydroxylation is 1. The number of pyridine rings is 1. The van der Waals surface area contributed by atoms with Crippen LogP contribution in [-0.4, -0.2) is 4.40 Å². The highest BCUT2D eigenvalue weighted by Gasteiger charge is 2.31. The molecule has 1 aromatic carbocycles. The highest BCUT2D eigenvalue weighted by Crippen LogP contribution is 2.33. The highest BCUT2D eigenvalue weighted by atomic mass is 19.4. The number of nitriles is 1. The predicted octanol–water partition coefficient (Wildman–Crippen LogP) is 4.81. The molecule has 0 N–H and O–H groups in total. The Morgan fingerprint density at radius 3 is 2.55 bits per heavy atom. The zero-order valence-electron chi connectivity index (χ0n) is 11.6. The predicted molar refractivity (Wildman–Crippen MR) is 77.3 cm³/mol. The monoisotopic (exact) mass is 300 g/mol. The molecule has 0 aliphatic rings. The summed E-state index contributed by atoms with van der Waals surface area (Å²) in [5, 5.41) is 8.96. The van der Waals surface area contributed by atoms with Gasteiger partial charge in [-0.15, -0.1) is 0 Å². The molecule has 0 fully saturated rings. The minimum absolute atomic E-state index is 0.517. The number of benzene rings is 1. The van der Waals surface area contributed by atoms with Crippen molar-refractivity contribution in [2.45, 2.75) is 13.1 Å². The molecule has 0 aliphatic heterocycles. The first-order chi connectivity index (χ1) is 10.4. The molecule has 0 bridgehead atoms. The number of halogens is 3. The second kappa shape index (κ2) is 4.92. The van der Waals surface area contributed by atoms with E-state index in [0.717, 1.165) is 29.0 Å². The number of rotatable bonds is 1. The van der Waals surface area contributed by atoms with E-state index in [0.29, 0.717) is 11.1 Å². The summed E-state index contributed by atoms with van der Waals surface area (Å²) in [7, 11) is 0. The molecule has 110 valence electrons. The fraction of sp³-hybridized carbons (Fsp3) is 0.118. The lowest BCUT2D eigenvalue weighted by molar-refractivity contribution is -0.137. The Morgan fingerprint density at radius 2 is 1.86 bits per heavy atom. The van der Waals surface area contributed by atoms with E-state index in [9.17, 15) is 13.2 Å². The summed E-state index contributed by atoms with van der Waals surface area (Å²) < 4.78 is 39.9. The van der Waals surface area contributed by atoms with Gasteiger partial charge >= 0.3 is 6.18 Å². The van der Waals surface area contributed by atoms with E-state index in [1.165, 1.54) is 10.5 Å². The molecule has 3 rings (SSSR count). The Bertz CT molecular complexity index is 898. The molecule has 5 heteroatoms. The van der Waals surface area contributed by atoms with Gasteiger partial charge in [0.05, 0.1) is 17.2 Å². The molecule has 0 atom stereocenters. The van der Waals surface area contributed by atoms with E-state index in [1.54, 1.807) is 24.4 Å². The van der Waals surface area contributed by atoms with Crippen LogP contribution in [0.2, 0.25) is 0 Å². The lowest BCUT2D eigenvalue weighted by atomic mass is 10.0. The molecule has 2 heterocycles. The van der Waals surface area contributed by atoms with Crippen LogP contribution in [0.1, 0.15) is 16.7 Å². The second-order valence-corrected chi connectivity index (χ2v) is 5.07. The summed E-state index contributed by atoms with van der Waals surface area (Å²) in [6.45, 7) is 1.86. The fourth-order valence-corrected chi connectivity index (χ4v) is 2.53. The quantitative estimate of drug-likeness (QED) is 0.634. The molecule has 0 amide bonds. The largest absolute Gasteiger partial charge is 0.417 e. The Balaban J connectivity index is 2.19. The Kier molecular flexibility index (Phi) is 3.18. The third-order valence-electron chi connectivity index (χ3n) is 3.66. The maximum atomic E-state index is 12.8. The van der Waals surface area contributed by atoms with Crippen LogP contribution in [0.15, 0.2) is 48.8 Å². The van der Waals surface area contributed by atoms with Gasteiger partial charge in [-0.3, -0.25) is 0 Å². The van der Waals surface area contributed by atoms with Crippen molar-refractivity contribution in [1.29, 1.82) is 5.26 Å². The standard InChI is InChI=1S/C17H11F3N2/c1-11-15(13-4-2-3-12(7-13)8-21)10-22-9-14(17(18,19)20)5-6-16(11)22/h2-7,9-10H,1H3. The molecule has 3 aromatic rings. The van der Waals surface area contributed by atoms with Gasteiger partial charge in [0.1, 0.15) is 0 Å². The highest BCUT2D eigenvalue weighted by molar-refractivity contribution is 5.77. The molecule has 0 unspecified atom stereocenters. The SMILES string of the molecule is Cc1c(-c2cccc(C#N)c2)cn2cc(C(F)(F)F)ccc12. The molecule has 2 aromatic heterocycles. The molecular formula is C17H11F3N2. The van der Waals surface area contributed by atoms with E-state index in [1.807, 2.05) is 13.0 Å². The van der Waals surface area contributed by atoms with Gasteiger partial charge in [-0.2, -0.15) is 18.4 Å². The van der Waals surface area contributed by atoms with Crippen molar-refractivity contribution in [3.63, 3.8) is 0 Å². The van der Waals surface area contributed by atoms with E-state index in [-0.39, 0.29) is 0 Å². The zero-order chi connectivity index (χ0) is 15.9. The molecular weight excluding hydrogens is 289 g/mol. The summed E-state index contributed by atoms with van der Waals surface area (Å²) in [6.07, 6.45) is -1.62. The van der Waals surface area contributed by atoms with Gasteiger partial charge in [-0.05, 0) is 42.3 Å². The van der Waals surface area contributed by atoms with E-state index >= 15 is 0 Å². The first-order valence-corrected chi connectivity index (χ1v) is 6.59. The average molecular weight is 300 g/mol. The van der Waals surface area contributed by atoms with Crippen molar-refractivity contribution >= 4 is 5.52 Å². The summed E-state index contributed by atoms with van der Waals surface area (Å²) in [5.74, 6) is 0. The average Bonchev–Trinajstić information content (AvgIpc) is 2.83. The van der Waals surface area contributed by atoms with Crippen LogP contribution in [0, 0.1) is 18.3 Å². The van der Waals surface area contributed by atoms with Crippen molar-refractivity contribution in [3.05, 3.63) is 65.5 Å². The van der Waals surface area contributed by atoms with Gasteiger partial charge in [0.15, 0.2) is 0 Å². The summed E-state index contributed by atoms with van der Waals surface area (Å²) in [6, 6.07) is 11.6. The molecule has 0 saturated carbocycles. The molecule has 0 radical (unpaired) electrons. The van der Waals surface area contributed by atoms with E-state index in [4.69, 9.17) is 5.26 Å². The zero-order valence-corrected chi connectivity index (χ0v) is 11.6. The smallest absolute Gasteiger partial charge is 0.322 e. The number of hydrogen-bond donors (Lipinski definition) is 0. The van der Waals surface area contributed by atoms with Gasteiger partial charge in [-0.1, -0.05) is 12.1 Å². The second-order valence-electron chi connectivity index (χ2n) is 5.07. The topological polar surface area (TPSA) is 28.2 Å². The van der Waals surface area contributed by atoms with Gasteiger partial charge in [0, 0.05) is 23.5 Å². The van der Waals surface area contributed by atoms with Crippen molar-refractivity contribution in [2.75, 3.05) is 0 Å². The summed E-state index contributed by atoms with van der Waals surface area (Å²) >= 11 is 0.